The minimum absolute atomic E-state index is 0.0798. The van der Waals surface area contributed by atoms with Crippen LogP contribution in [0.3, 0.4) is 0 Å². The summed E-state index contributed by atoms with van der Waals surface area (Å²) in [7, 11) is 1.64. The van der Waals surface area contributed by atoms with E-state index < -0.39 is 4.92 Å². The molecule has 1 fully saturated rings. The molecule has 0 amide bonds. The van der Waals surface area contributed by atoms with Crippen LogP contribution in [0.2, 0.25) is 0 Å². The maximum atomic E-state index is 11.2. The summed E-state index contributed by atoms with van der Waals surface area (Å²) in [5.41, 5.74) is 1.60. The molecule has 1 saturated carbocycles. The van der Waals surface area contributed by atoms with Crippen molar-refractivity contribution in [3.63, 3.8) is 0 Å². The zero-order valence-electron chi connectivity index (χ0n) is 13.5. The molecule has 0 aliphatic heterocycles. The Hall–Kier alpha value is -2.37. The molecule has 0 saturated heterocycles. The van der Waals surface area contributed by atoms with Crippen molar-refractivity contribution >= 4 is 5.69 Å². The highest BCUT2D eigenvalue weighted by atomic mass is 16.6. The number of ether oxygens (including phenoxy) is 1. The number of benzene rings is 1. The van der Waals surface area contributed by atoms with Gasteiger partial charge in [0.25, 0.3) is 5.88 Å². The topological polar surface area (TPSA) is 70.2 Å². The van der Waals surface area contributed by atoms with Gasteiger partial charge in [0.15, 0.2) is 0 Å². The van der Waals surface area contributed by atoms with Gasteiger partial charge in [0, 0.05) is 7.05 Å². The van der Waals surface area contributed by atoms with Crippen LogP contribution in [0.1, 0.15) is 49.3 Å². The summed E-state index contributed by atoms with van der Waals surface area (Å²) in [6.45, 7) is 1.61. The molecule has 2 aromatic rings. The molecule has 0 bridgehead atoms. The SMILES string of the molecule is Cc1nn(C)c(Oc2ccc(C3CCCCC3)cc2)c1[N+](=O)[O-]. The third-order valence-electron chi connectivity index (χ3n) is 4.49. The van der Waals surface area contributed by atoms with Crippen molar-refractivity contribution < 1.29 is 9.66 Å². The zero-order chi connectivity index (χ0) is 16.4. The predicted molar refractivity (Wildman–Crippen MR) is 86.9 cm³/mol. The zero-order valence-corrected chi connectivity index (χ0v) is 13.5. The van der Waals surface area contributed by atoms with E-state index in [1.165, 1.54) is 42.3 Å². The second-order valence-electron chi connectivity index (χ2n) is 6.13. The van der Waals surface area contributed by atoms with E-state index in [-0.39, 0.29) is 11.6 Å². The Balaban J connectivity index is 1.80. The van der Waals surface area contributed by atoms with Gasteiger partial charge in [-0.1, -0.05) is 31.4 Å². The first-order chi connectivity index (χ1) is 11.1. The van der Waals surface area contributed by atoms with Crippen molar-refractivity contribution in [1.82, 2.24) is 9.78 Å². The quantitative estimate of drug-likeness (QED) is 0.616. The van der Waals surface area contributed by atoms with E-state index in [1.54, 1.807) is 14.0 Å². The molecule has 0 atom stereocenters. The summed E-state index contributed by atoms with van der Waals surface area (Å²) in [4.78, 5) is 10.7. The van der Waals surface area contributed by atoms with Crippen LogP contribution in [0.25, 0.3) is 0 Å². The van der Waals surface area contributed by atoms with Gasteiger partial charge in [-0.15, -0.1) is 0 Å². The summed E-state index contributed by atoms with van der Waals surface area (Å²) in [6.07, 6.45) is 6.41. The fourth-order valence-corrected chi connectivity index (χ4v) is 3.31. The molecule has 6 heteroatoms. The van der Waals surface area contributed by atoms with Crippen molar-refractivity contribution in [3.8, 4) is 11.6 Å². The van der Waals surface area contributed by atoms with Crippen LogP contribution in [-0.4, -0.2) is 14.7 Å². The molecule has 1 heterocycles. The molecule has 6 nitrogen and oxygen atoms in total. The first-order valence-corrected chi connectivity index (χ1v) is 8.02. The van der Waals surface area contributed by atoms with Crippen molar-refractivity contribution in [2.24, 2.45) is 7.05 Å². The Bertz CT molecular complexity index is 701. The Kier molecular flexibility index (Phi) is 4.32. The third-order valence-corrected chi connectivity index (χ3v) is 4.49. The largest absolute Gasteiger partial charge is 0.434 e. The number of hydrogen-bond acceptors (Lipinski definition) is 4. The van der Waals surface area contributed by atoms with Gasteiger partial charge in [-0.25, -0.2) is 4.68 Å². The fraction of sp³-hybridized carbons (Fsp3) is 0.471. The van der Waals surface area contributed by atoms with Crippen LogP contribution in [-0.2, 0) is 7.05 Å². The van der Waals surface area contributed by atoms with Gasteiger partial charge in [0.1, 0.15) is 11.4 Å². The highest BCUT2D eigenvalue weighted by Crippen LogP contribution is 2.36. The number of nitro groups is 1. The molecule has 1 aliphatic carbocycles. The second kappa shape index (κ2) is 6.40. The number of rotatable bonds is 4. The average molecular weight is 315 g/mol. The molecule has 1 aromatic carbocycles. The van der Waals surface area contributed by atoms with Gasteiger partial charge in [0.2, 0.25) is 0 Å². The summed E-state index contributed by atoms with van der Waals surface area (Å²) in [5.74, 6) is 1.39. The lowest BCUT2D eigenvalue weighted by Crippen LogP contribution is -2.04. The van der Waals surface area contributed by atoms with E-state index in [1.807, 2.05) is 12.1 Å². The molecule has 1 aliphatic rings. The highest BCUT2D eigenvalue weighted by molar-refractivity contribution is 5.47. The van der Waals surface area contributed by atoms with Crippen molar-refractivity contribution in [3.05, 3.63) is 45.6 Å². The monoisotopic (exact) mass is 315 g/mol. The van der Waals surface area contributed by atoms with Gasteiger partial charge in [-0.3, -0.25) is 10.1 Å². The number of aryl methyl sites for hydroxylation is 2. The molecule has 3 rings (SSSR count). The van der Waals surface area contributed by atoms with Crippen molar-refractivity contribution in [2.75, 3.05) is 0 Å². The van der Waals surface area contributed by atoms with E-state index >= 15 is 0 Å². The summed E-state index contributed by atoms with van der Waals surface area (Å²) in [6, 6.07) is 7.91. The smallest absolute Gasteiger partial charge is 0.353 e. The second-order valence-corrected chi connectivity index (χ2v) is 6.13. The number of aromatic nitrogens is 2. The Morgan fingerprint density at radius 2 is 1.87 bits per heavy atom. The van der Waals surface area contributed by atoms with Crippen molar-refractivity contribution in [2.45, 2.75) is 44.9 Å². The van der Waals surface area contributed by atoms with Crippen LogP contribution >= 0.6 is 0 Å². The third kappa shape index (κ3) is 3.21. The van der Waals surface area contributed by atoms with Crippen LogP contribution in [0.5, 0.6) is 11.6 Å². The molecule has 122 valence electrons. The van der Waals surface area contributed by atoms with E-state index in [9.17, 15) is 10.1 Å². The van der Waals surface area contributed by atoms with Crippen LogP contribution in [0.15, 0.2) is 24.3 Å². The highest BCUT2D eigenvalue weighted by Gasteiger charge is 2.26. The maximum Gasteiger partial charge on any atom is 0.353 e. The van der Waals surface area contributed by atoms with Gasteiger partial charge >= 0.3 is 5.69 Å². The first-order valence-electron chi connectivity index (χ1n) is 8.02. The lowest BCUT2D eigenvalue weighted by atomic mass is 9.84. The lowest BCUT2D eigenvalue weighted by Gasteiger charge is -2.22. The van der Waals surface area contributed by atoms with E-state index in [0.29, 0.717) is 17.4 Å². The van der Waals surface area contributed by atoms with Crippen LogP contribution in [0.4, 0.5) is 5.69 Å². The molecule has 0 unspecified atom stereocenters. The average Bonchev–Trinajstić information content (AvgIpc) is 2.83. The summed E-state index contributed by atoms with van der Waals surface area (Å²) >= 11 is 0. The molecule has 0 spiro atoms. The molecular formula is C17H21N3O3. The maximum absolute atomic E-state index is 11.2. The molecule has 23 heavy (non-hydrogen) atoms. The fourth-order valence-electron chi connectivity index (χ4n) is 3.31. The minimum Gasteiger partial charge on any atom is -0.434 e. The van der Waals surface area contributed by atoms with Gasteiger partial charge < -0.3 is 4.74 Å². The summed E-state index contributed by atoms with van der Waals surface area (Å²) < 4.78 is 7.13. The van der Waals surface area contributed by atoms with Crippen LogP contribution < -0.4 is 4.74 Å². The van der Waals surface area contributed by atoms with Gasteiger partial charge in [-0.2, -0.15) is 5.10 Å². The predicted octanol–water partition coefficient (Wildman–Crippen LogP) is 4.48. The van der Waals surface area contributed by atoms with E-state index in [2.05, 4.69) is 17.2 Å². The molecule has 1 aromatic heterocycles. The standard InChI is InChI=1S/C17H21N3O3/c1-12-16(20(21)22)17(19(2)18-12)23-15-10-8-14(9-11-15)13-6-4-3-5-7-13/h8-11,13H,3-7H2,1-2H3. The minimum atomic E-state index is -0.450. The Labute approximate surface area is 135 Å². The van der Waals surface area contributed by atoms with Gasteiger partial charge in [0.05, 0.1) is 4.92 Å². The van der Waals surface area contributed by atoms with Crippen molar-refractivity contribution in [1.29, 1.82) is 0 Å². The first kappa shape index (κ1) is 15.5. The lowest BCUT2D eigenvalue weighted by molar-refractivity contribution is -0.386. The molecule has 0 radical (unpaired) electrons. The number of nitrogens with zero attached hydrogens (tertiary/aromatic N) is 3. The number of hydrogen-bond donors (Lipinski definition) is 0. The van der Waals surface area contributed by atoms with E-state index in [4.69, 9.17) is 4.74 Å². The Morgan fingerprint density at radius 3 is 2.48 bits per heavy atom. The normalized spacial score (nSPS) is 15.6. The Morgan fingerprint density at radius 1 is 1.22 bits per heavy atom. The molecule has 0 N–H and O–H groups in total. The molecular weight excluding hydrogens is 294 g/mol. The summed E-state index contributed by atoms with van der Waals surface area (Å²) in [5, 5.41) is 15.2. The van der Waals surface area contributed by atoms with Gasteiger partial charge in [-0.05, 0) is 43.4 Å². The van der Waals surface area contributed by atoms with E-state index in [0.717, 1.165) is 0 Å². The van der Waals surface area contributed by atoms with Crippen LogP contribution in [0, 0.1) is 17.0 Å².